The fourth-order valence-corrected chi connectivity index (χ4v) is 4.68. The number of benzene rings is 1. The summed E-state index contributed by atoms with van der Waals surface area (Å²) in [4.78, 5) is 41.2. The summed E-state index contributed by atoms with van der Waals surface area (Å²) in [5.74, 6) is -0.756. The number of aromatic nitrogens is 3. The van der Waals surface area contributed by atoms with Crippen LogP contribution in [0.4, 0.5) is 14.9 Å². The van der Waals surface area contributed by atoms with E-state index in [1.54, 1.807) is 24.3 Å². The maximum absolute atomic E-state index is 15.1. The molecule has 10 heteroatoms. The van der Waals surface area contributed by atoms with Crippen molar-refractivity contribution in [2.24, 2.45) is 0 Å². The molecular formula is C23H21FN6O2S. The molecule has 2 saturated heterocycles. The third kappa shape index (κ3) is 4.31. The summed E-state index contributed by atoms with van der Waals surface area (Å²) >= 11 is 0.826. The first-order valence-electron chi connectivity index (χ1n) is 10.7. The highest BCUT2D eigenvalue weighted by molar-refractivity contribution is 8.18. The Bertz CT molecular complexity index is 1290. The molecule has 1 N–H and O–H groups in total. The predicted molar refractivity (Wildman–Crippen MR) is 126 cm³/mol. The molecule has 2 aliphatic rings. The number of amides is 2. The van der Waals surface area contributed by atoms with Crippen LogP contribution in [0, 0.1) is 5.82 Å². The highest BCUT2D eigenvalue weighted by Gasteiger charge is 2.25. The van der Waals surface area contributed by atoms with E-state index in [2.05, 4.69) is 37.0 Å². The van der Waals surface area contributed by atoms with Gasteiger partial charge in [-0.15, -0.1) is 0 Å². The molecule has 0 radical (unpaired) electrons. The van der Waals surface area contributed by atoms with Gasteiger partial charge < -0.3 is 9.80 Å². The maximum Gasteiger partial charge on any atom is 0.290 e. The maximum atomic E-state index is 15.1. The molecule has 8 nitrogen and oxygen atoms in total. The van der Waals surface area contributed by atoms with E-state index in [1.165, 1.54) is 12.4 Å². The Balaban J connectivity index is 1.48. The molecule has 2 aliphatic heterocycles. The van der Waals surface area contributed by atoms with Gasteiger partial charge in [0.15, 0.2) is 0 Å². The summed E-state index contributed by atoms with van der Waals surface area (Å²) in [5, 5.41) is 1.81. The molecule has 0 atom stereocenters. The van der Waals surface area contributed by atoms with Gasteiger partial charge in [-0.05, 0) is 48.6 Å². The SMILES string of the molecule is CCN1CCN(c2ccc(-c3ncnc4ccc(C=C5SC(=O)NC5=O)nc34)cc2F)CC1. The Hall–Kier alpha value is -3.37. The normalized spacial score (nSPS) is 18.4. The quantitative estimate of drug-likeness (QED) is 0.588. The van der Waals surface area contributed by atoms with E-state index in [9.17, 15) is 9.59 Å². The molecule has 0 saturated carbocycles. The van der Waals surface area contributed by atoms with Crippen molar-refractivity contribution in [3.05, 3.63) is 53.1 Å². The summed E-state index contributed by atoms with van der Waals surface area (Å²) in [5.41, 5.74) is 3.25. The lowest BCUT2D eigenvalue weighted by molar-refractivity contribution is -0.115. The van der Waals surface area contributed by atoms with Gasteiger partial charge in [0.2, 0.25) is 0 Å². The number of carbonyl (C=O) groups excluding carboxylic acids is 2. The van der Waals surface area contributed by atoms with E-state index in [-0.39, 0.29) is 10.7 Å². The van der Waals surface area contributed by atoms with E-state index in [0.717, 1.165) is 44.5 Å². The Labute approximate surface area is 193 Å². The van der Waals surface area contributed by atoms with Crippen LogP contribution in [-0.4, -0.2) is 63.7 Å². The average Bonchev–Trinajstić information content (AvgIpc) is 3.15. The second-order valence-electron chi connectivity index (χ2n) is 7.77. The van der Waals surface area contributed by atoms with Gasteiger partial charge in [0.25, 0.3) is 11.1 Å². The van der Waals surface area contributed by atoms with E-state index >= 15 is 4.39 Å². The Morgan fingerprint density at radius 2 is 1.94 bits per heavy atom. The van der Waals surface area contributed by atoms with Gasteiger partial charge in [-0.3, -0.25) is 14.9 Å². The van der Waals surface area contributed by atoms with Crippen molar-refractivity contribution in [2.45, 2.75) is 6.92 Å². The number of hydrogen-bond acceptors (Lipinski definition) is 8. The van der Waals surface area contributed by atoms with E-state index in [0.29, 0.717) is 33.7 Å². The van der Waals surface area contributed by atoms with E-state index < -0.39 is 11.1 Å². The number of anilines is 1. The number of thioether (sulfide) groups is 1. The Kier molecular flexibility index (Phi) is 5.77. The van der Waals surface area contributed by atoms with Crippen LogP contribution in [0.2, 0.25) is 0 Å². The lowest BCUT2D eigenvalue weighted by Gasteiger charge is -2.35. The van der Waals surface area contributed by atoms with Crippen molar-refractivity contribution in [3.8, 4) is 11.3 Å². The number of imide groups is 1. The number of likely N-dealkylation sites (N-methyl/N-ethyl adjacent to an activating group) is 1. The molecule has 2 aromatic heterocycles. The molecule has 0 aliphatic carbocycles. The van der Waals surface area contributed by atoms with Crippen molar-refractivity contribution in [2.75, 3.05) is 37.6 Å². The largest absolute Gasteiger partial charge is 0.367 e. The lowest BCUT2D eigenvalue weighted by Crippen LogP contribution is -2.46. The smallest absolute Gasteiger partial charge is 0.290 e. The second-order valence-corrected chi connectivity index (χ2v) is 8.78. The lowest BCUT2D eigenvalue weighted by atomic mass is 10.1. The van der Waals surface area contributed by atoms with Crippen LogP contribution in [0.25, 0.3) is 28.4 Å². The van der Waals surface area contributed by atoms with Crippen molar-refractivity contribution in [3.63, 3.8) is 0 Å². The van der Waals surface area contributed by atoms with Crippen LogP contribution in [0.5, 0.6) is 0 Å². The summed E-state index contributed by atoms with van der Waals surface area (Å²) in [6.07, 6.45) is 2.97. The molecule has 3 aromatic rings. The average molecular weight is 465 g/mol. The highest BCUT2D eigenvalue weighted by atomic mass is 32.2. The van der Waals surface area contributed by atoms with Gasteiger partial charge in [-0.1, -0.05) is 13.0 Å². The van der Waals surface area contributed by atoms with Crippen LogP contribution < -0.4 is 10.2 Å². The minimum absolute atomic E-state index is 0.267. The summed E-state index contributed by atoms with van der Waals surface area (Å²) in [7, 11) is 0. The Morgan fingerprint density at radius 3 is 2.64 bits per heavy atom. The van der Waals surface area contributed by atoms with Crippen LogP contribution in [0.3, 0.4) is 0 Å². The highest BCUT2D eigenvalue weighted by Crippen LogP contribution is 2.30. The third-order valence-corrected chi connectivity index (χ3v) is 6.62. The fraction of sp³-hybridized carbons (Fsp3) is 0.261. The van der Waals surface area contributed by atoms with Gasteiger partial charge in [0.05, 0.1) is 21.8 Å². The minimum atomic E-state index is -0.450. The van der Waals surface area contributed by atoms with Crippen LogP contribution in [0.15, 0.2) is 41.6 Å². The van der Waals surface area contributed by atoms with Crippen molar-refractivity contribution in [1.82, 2.24) is 25.2 Å². The molecule has 0 spiro atoms. The molecule has 0 bridgehead atoms. The standard InChI is InChI=1S/C23H21FN6O2S/c1-2-29-7-9-30(10-8-29)18-6-3-14(11-16(18)24)20-21-17(25-13-26-20)5-4-15(27-21)12-19-22(31)28-23(32)33-19/h3-6,11-13H,2,7-10H2,1H3,(H,28,31,32). The van der Waals surface area contributed by atoms with Gasteiger partial charge in [0.1, 0.15) is 23.4 Å². The zero-order valence-electron chi connectivity index (χ0n) is 17.9. The molecule has 2 fully saturated rings. The first-order chi connectivity index (χ1) is 16.0. The first kappa shape index (κ1) is 21.5. The van der Waals surface area contributed by atoms with Gasteiger partial charge in [-0.25, -0.2) is 19.3 Å². The predicted octanol–water partition coefficient (Wildman–Crippen LogP) is 3.30. The van der Waals surface area contributed by atoms with Crippen LogP contribution >= 0.6 is 11.8 Å². The van der Waals surface area contributed by atoms with E-state index in [1.807, 2.05) is 6.07 Å². The monoisotopic (exact) mass is 464 g/mol. The number of hydrogen-bond donors (Lipinski definition) is 1. The molecule has 5 rings (SSSR count). The van der Waals surface area contributed by atoms with Gasteiger partial charge in [-0.2, -0.15) is 0 Å². The van der Waals surface area contributed by atoms with Crippen LogP contribution in [-0.2, 0) is 4.79 Å². The number of halogens is 1. The number of fused-ring (bicyclic) bond motifs is 1. The number of nitrogens with one attached hydrogen (secondary N) is 1. The summed E-state index contributed by atoms with van der Waals surface area (Å²) in [6, 6.07) is 8.59. The first-order valence-corrected chi connectivity index (χ1v) is 11.5. The topological polar surface area (TPSA) is 91.3 Å². The number of carbonyl (C=O) groups is 2. The van der Waals surface area contributed by atoms with Crippen molar-refractivity contribution < 1.29 is 14.0 Å². The third-order valence-electron chi connectivity index (χ3n) is 5.81. The zero-order chi connectivity index (χ0) is 22.9. The second kappa shape index (κ2) is 8.87. The van der Waals surface area contributed by atoms with Crippen molar-refractivity contribution >= 4 is 45.7 Å². The molecule has 1 aromatic carbocycles. The van der Waals surface area contributed by atoms with Gasteiger partial charge in [0, 0.05) is 31.7 Å². The number of rotatable bonds is 4. The van der Waals surface area contributed by atoms with Crippen molar-refractivity contribution in [1.29, 1.82) is 0 Å². The Morgan fingerprint density at radius 1 is 1.12 bits per heavy atom. The minimum Gasteiger partial charge on any atom is -0.367 e. The number of nitrogens with zero attached hydrogens (tertiary/aromatic N) is 5. The molecule has 4 heterocycles. The zero-order valence-corrected chi connectivity index (χ0v) is 18.7. The number of pyridine rings is 1. The van der Waals surface area contributed by atoms with E-state index in [4.69, 9.17) is 0 Å². The molecule has 33 heavy (non-hydrogen) atoms. The molecule has 2 amide bonds. The fourth-order valence-electron chi connectivity index (χ4n) is 4.02. The molecule has 0 unspecified atom stereocenters. The summed E-state index contributed by atoms with van der Waals surface area (Å²) in [6.45, 7) is 6.54. The van der Waals surface area contributed by atoms with Gasteiger partial charge >= 0.3 is 0 Å². The molecular weight excluding hydrogens is 443 g/mol. The van der Waals surface area contributed by atoms with Crippen LogP contribution in [0.1, 0.15) is 12.6 Å². The summed E-state index contributed by atoms with van der Waals surface area (Å²) < 4.78 is 15.1. The number of piperazine rings is 1. The molecule has 168 valence electrons.